The standard InChI is InChI=1S/C14H20ClNO2S/c1-14(2,3)18-13(17)16-12-7-6-11(15)9-10(12)5-4-8-19/h6-7,9,19H,4-5,8H2,1-3H3,(H,16,17). The summed E-state index contributed by atoms with van der Waals surface area (Å²) in [6.45, 7) is 5.49. The van der Waals surface area contributed by atoms with E-state index < -0.39 is 11.7 Å². The molecule has 0 radical (unpaired) electrons. The van der Waals surface area contributed by atoms with Gasteiger partial charge in [0.25, 0.3) is 0 Å². The number of amides is 1. The van der Waals surface area contributed by atoms with Gasteiger partial charge in [-0.1, -0.05) is 11.6 Å². The van der Waals surface area contributed by atoms with E-state index >= 15 is 0 Å². The Kier molecular flexibility index (Phi) is 6.01. The maximum atomic E-state index is 11.8. The van der Waals surface area contributed by atoms with Crippen molar-refractivity contribution in [3.8, 4) is 0 Å². The van der Waals surface area contributed by atoms with Crippen molar-refractivity contribution >= 4 is 36.0 Å². The molecule has 0 heterocycles. The highest BCUT2D eigenvalue weighted by atomic mass is 35.5. The number of ether oxygens (including phenoxy) is 1. The van der Waals surface area contributed by atoms with Crippen LogP contribution in [-0.4, -0.2) is 17.4 Å². The molecular formula is C14H20ClNO2S. The molecule has 0 saturated heterocycles. The third-order valence-corrected chi connectivity index (χ3v) is 2.86. The van der Waals surface area contributed by atoms with E-state index in [2.05, 4.69) is 17.9 Å². The Morgan fingerprint density at radius 1 is 1.42 bits per heavy atom. The van der Waals surface area contributed by atoms with Crippen LogP contribution in [0.2, 0.25) is 5.02 Å². The highest BCUT2D eigenvalue weighted by Gasteiger charge is 2.17. The number of carbonyl (C=O) groups is 1. The van der Waals surface area contributed by atoms with E-state index in [4.69, 9.17) is 16.3 Å². The molecule has 0 aliphatic heterocycles. The molecule has 3 nitrogen and oxygen atoms in total. The second-order valence-electron chi connectivity index (χ2n) is 5.26. The van der Waals surface area contributed by atoms with Crippen LogP contribution in [0.3, 0.4) is 0 Å². The van der Waals surface area contributed by atoms with E-state index in [0.717, 1.165) is 29.8 Å². The summed E-state index contributed by atoms with van der Waals surface area (Å²) >= 11 is 10.2. The van der Waals surface area contributed by atoms with Gasteiger partial charge in [-0.2, -0.15) is 12.6 Å². The maximum absolute atomic E-state index is 11.8. The summed E-state index contributed by atoms with van der Waals surface area (Å²) in [6, 6.07) is 5.40. The first-order chi connectivity index (χ1) is 8.81. The van der Waals surface area contributed by atoms with Gasteiger partial charge in [0.2, 0.25) is 0 Å². The number of aryl methyl sites for hydroxylation is 1. The van der Waals surface area contributed by atoms with E-state index in [1.165, 1.54) is 0 Å². The molecule has 19 heavy (non-hydrogen) atoms. The van der Waals surface area contributed by atoms with Crippen LogP contribution in [-0.2, 0) is 11.2 Å². The van der Waals surface area contributed by atoms with Gasteiger partial charge in [0, 0.05) is 10.7 Å². The van der Waals surface area contributed by atoms with Crippen LogP contribution in [0.1, 0.15) is 32.8 Å². The minimum atomic E-state index is -0.512. The Bertz CT molecular complexity index is 444. The van der Waals surface area contributed by atoms with Crippen LogP contribution in [0.4, 0.5) is 10.5 Å². The number of thiol groups is 1. The predicted molar refractivity (Wildman–Crippen MR) is 83.5 cm³/mol. The van der Waals surface area contributed by atoms with E-state index in [1.807, 2.05) is 26.8 Å². The van der Waals surface area contributed by atoms with Gasteiger partial charge in [-0.25, -0.2) is 4.79 Å². The largest absolute Gasteiger partial charge is 0.444 e. The molecule has 1 amide bonds. The molecule has 1 aromatic carbocycles. The van der Waals surface area contributed by atoms with Gasteiger partial charge in [0.15, 0.2) is 0 Å². The monoisotopic (exact) mass is 301 g/mol. The zero-order valence-electron chi connectivity index (χ0n) is 11.5. The molecule has 106 valence electrons. The lowest BCUT2D eigenvalue weighted by Crippen LogP contribution is -2.27. The highest BCUT2D eigenvalue weighted by molar-refractivity contribution is 7.80. The second kappa shape index (κ2) is 7.06. The normalized spacial score (nSPS) is 11.2. The average molecular weight is 302 g/mol. The van der Waals surface area contributed by atoms with E-state index in [9.17, 15) is 4.79 Å². The van der Waals surface area contributed by atoms with Crippen LogP contribution in [0.15, 0.2) is 18.2 Å². The molecule has 1 N–H and O–H groups in total. The van der Waals surface area contributed by atoms with E-state index in [0.29, 0.717) is 5.02 Å². The summed E-state index contributed by atoms with van der Waals surface area (Å²) in [5.41, 5.74) is 1.22. The molecule has 1 rings (SSSR count). The van der Waals surface area contributed by atoms with Crippen LogP contribution < -0.4 is 5.32 Å². The quantitative estimate of drug-likeness (QED) is 0.801. The van der Waals surface area contributed by atoms with Crippen LogP contribution in [0.25, 0.3) is 0 Å². The summed E-state index contributed by atoms with van der Waals surface area (Å²) in [6.07, 6.45) is 1.28. The molecule has 0 aliphatic rings. The topological polar surface area (TPSA) is 38.3 Å². The van der Waals surface area contributed by atoms with Crippen molar-refractivity contribution in [3.63, 3.8) is 0 Å². The summed E-state index contributed by atoms with van der Waals surface area (Å²) in [7, 11) is 0. The smallest absolute Gasteiger partial charge is 0.412 e. The SMILES string of the molecule is CC(C)(C)OC(=O)Nc1ccc(Cl)cc1CCCS. The van der Waals surface area contributed by atoms with Gasteiger partial charge >= 0.3 is 6.09 Å². The summed E-state index contributed by atoms with van der Waals surface area (Å²) < 4.78 is 5.23. The van der Waals surface area contributed by atoms with Gasteiger partial charge in [-0.05, 0) is 63.1 Å². The first-order valence-corrected chi connectivity index (χ1v) is 7.22. The number of nitrogens with one attached hydrogen (secondary N) is 1. The lowest BCUT2D eigenvalue weighted by atomic mass is 10.1. The van der Waals surface area contributed by atoms with Crippen molar-refractivity contribution in [2.24, 2.45) is 0 Å². The molecular weight excluding hydrogens is 282 g/mol. The first-order valence-electron chi connectivity index (χ1n) is 6.21. The number of benzene rings is 1. The van der Waals surface area contributed by atoms with Crippen LogP contribution >= 0.6 is 24.2 Å². The first kappa shape index (κ1) is 16.2. The van der Waals surface area contributed by atoms with E-state index in [1.54, 1.807) is 12.1 Å². The lowest BCUT2D eigenvalue weighted by Gasteiger charge is -2.20. The minimum absolute atomic E-state index is 0.457. The molecule has 0 aliphatic carbocycles. The van der Waals surface area contributed by atoms with Crippen molar-refractivity contribution < 1.29 is 9.53 Å². The van der Waals surface area contributed by atoms with Gasteiger partial charge in [-0.15, -0.1) is 0 Å². The predicted octanol–water partition coefficient (Wildman–Crippen LogP) is 4.55. The third-order valence-electron chi connectivity index (χ3n) is 2.31. The van der Waals surface area contributed by atoms with Crippen molar-refractivity contribution in [2.75, 3.05) is 11.1 Å². The van der Waals surface area contributed by atoms with Gasteiger partial charge < -0.3 is 4.74 Å². The van der Waals surface area contributed by atoms with Gasteiger partial charge in [0.1, 0.15) is 5.60 Å². The molecule has 0 spiro atoms. The van der Waals surface area contributed by atoms with Gasteiger partial charge in [-0.3, -0.25) is 5.32 Å². The number of rotatable bonds is 4. The number of carbonyl (C=O) groups excluding carboxylic acids is 1. The minimum Gasteiger partial charge on any atom is -0.444 e. The Labute approximate surface area is 125 Å². The molecule has 5 heteroatoms. The Balaban J connectivity index is 2.79. The maximum Gasteiger partial charge on any atom is 0.412 e. The van der Waals surface area contributed by atoms with E-state index in [-0.39, 0.29) is 0 Å². The Morgan fingerprint density at radius 2 is 2.11 bits per heavy atom. The third kappa shape index (κ3) is 6.21. The summed E-state index contributed by atoms with van der Waals surface area (Å²) in [5, 5.41) is 3.41. The van der Waals surface area contributed by atoms with Gasteiger partial charge in [0.05, 0.1) is 0 Å². The molecule has 0 bridgehead atoms. The molecule has 0 saturated carbocycles. The summed E-state index contributed by atoms with van der Waals surface area (Å²) in [5.74, 6) is 0.790. The summed E-state index contributed by atoms with van der Waals surface area (Å²) in [4.78, 5) is 11.8. The fraction of sp³-hybridized carbons (Fsp3) is 0.500. The molecule has 1 aromatic rings. The zero-order valence-corrected chi connectivity index (χ0v) is 13.1. The molecule has 0 fully saturated rings. The number of anilines is 1. The molecule has 0 unspecified atom stereocenters. The fourth-order valence-corrected chi connectivity index (χ4v) is 1.93. The number of hydrogen-bond donors (Lipinski definition) is 2. The van der Waals surface area contributed by atoms with Crippen molar-refractivity contribution in [1.29, 1.82) is 0 Å². The fourth-order valence-electron chi connectivity index (χ4n) is 1.57. The van der Waals surface area contributed by atoms with Crippen LogP contribution in [0.5, 0.6) is 0 Å². The molecule has 0 atom stereocenters. The number of hydrogen-bond acceptors (Lipinski definition) is 3. The van der Waals surface area contributed by atoms with Crippen molar-refractivity contribution in [3.05, 3.63) is 28.8 Å². The van der Waals surface area contributed by atoms with Crippen molar-refractivity contribution in [1.82, 2.24) is 0 Å². The average Bonchev–Trinajstić information content (AvgIpc) is 2.27. The lowest BCUT2D eigenvalue weighted by molar-refractivity contribution is 0.0636. The van der Waals surface area contributed by atoms with Crippen LogP contribution in [0, 0.1) is 0 Å². The molecule has 0 aromatic heterocycles. The second-order valence-corrected chi connectivity index (χ2v) is 6.14. The number of halogens is 1. The van der Waals surface area contributed by atoms with Crippen molar-refractivity contribution in [2.45, 2.75) is 39.2 Å². The zero-order chi connectivity index (χ0) is 14.5. The highest BCUT2D eigenvalue weighted by Crippen LogP contribution is 2.23. The Morgan fingerprint density at radius 3 is 2.68 bits per heavy atom. The Hall–Kier alpha value is -0.870.